The monoisotopic (exact) mass is 567 g/mol. The van der Waals surface area contributed by atoms with Crippen LogP contribution in [0.15, 0.2) is 144 Å². The average Bonchev–Trinajstić information content (AvgIpc) is 3.02. The van der Waals surface area contributed by atoms with E-state index in [0.717, 1.165) is 26.7 Å². The number of rotatable bonds is 6. The minimum Gasteiger partial charge on any atom is -0.208 e. The zero-order valence-corrected chi connectivity index (χ0v) is 23.1. The summed E-state index contributed by atoms with van der Waals surface area (Å²) in [7, 11) is 0. The van der Waals surface area contributed by atoms with Gasteiger partial charge in [-0.05, 0) is 41.8 Å². The molecule has 3 nitrogen and oxygen atoms in total. The van der Waals surface area contributed by atoms with Crippen molar-refractivity contribution >= 4 is 15.9 Å². The van der Waals surface area contributed by atoms with Crippen LogP contribution in [0.3, 0.4) is 0 Å². The van der Waals surface area contributed by atoms with Crippen LogP contribution in [0.1, 0.15) is 23.6 Å². The molecule has 6 aromatic rings. The van der Waals surface area contributed by atoms with Gasteiger partial charge in [0.15, 0.2) is 17.5 Å². The second-order valence-corrected chi connectivity index (χ2v) is 10.5. The van der Waals surface area contributed by atoms with Gasteiger partial charge in [-0.2, -0.15) is 0 Å². The molecule has 6 rings (SSSR count). The van der Waals surface area contributed by atoms with E-state index >= 15 is 0 Å². The fourth-order valence-electron chi connectivity index (χ4n) is 4.98. The summed E-state index contributed by atoms with van der Waals surface area (Å²) < 4.78 is 1.05. The van der Waals surface area contributed by atoms with Crippen molar-refractivity contribution < 1.29 is 0 Å². The van der Waals surface area contributed by atoms with Gasteiger partial charge in [0.1, 0.15) is 0 Å². The van der Waals surface area contributed by atoms with E-state index in [0.29, 0.717) is 17.5 Å². The van der Waals surface area contributed by atoms with Crippen molar-refractivity contribution in [1.82, 2.24) is 15.0 Å². The maximum absolute atomic E-state index is 4.95. The molecule has 0 saturated heterocycles. The van der Waals surface area contributed by atoms with Crippen molar-refractivity contribution in [1.29, 1.82) is 0 Å². The second-order valence-electron chi connectivity index (χ2n) is 9.62. The number of halogens is 1. The Balaban J connectivity index is 1.54. The lowest BCUT2D eigenvalue weighted by Crippen LogP contribution is -2.25. The van der Waals surface area contributed by atoms with Gasteiger partial charge in [-0.15, -0.1) is 0 Å². The predicted molar refractivity (Wildman–Crippen MR) is 162 cm³/mol. The first-order valence-electron chi connectivity index (χ1n) is 12.9. The molecule has 39 heavy (non-hydrogen) atoms. The Labute approximate surface area is 237 Å². The highest BCUT2D eigenvalue weighted by Crippen LogP contribution is 2.40. The van der Waals surface area contributed by atoms with E-state index in [4.69, 9.17) is 15.0 Å². The van der Waals surface area contributed by atoms with E-state index < -0.39 is 5.41 Å². The van der Waals surface area contributed by atoms with Gasteiger partial charge >= 0.3 is 0 Å². The molecule has 0 aliphatic carbocycles. The predicted octanol–water partition coefficient (Wildman–Crippen LogP) is 8.99. The first-order chi connectivity index (χ1) is 19.1. The van der Waals surface area contributed by atoms with Crippen molar-refractivity contribution in [3.63, 3.8) is 0 Å². The molecule has 5 aromatic carbocycles. The summed E-state index contributed by atoms with van der Waals surface area (Å²) in [6.07, 6.45) is 0. The first-order valence-corrected chi connectivity index (χ1v) is 13.7. The molecule has 0 fully saturated rings. The van der Waals surface area contributed by atoms with Gasteiger partial charge in [-0.3, -0.25) is 0 Å². The third kappa shape index (κ3) is 5.04. The van der Waals surface area contributed by atoms with Crippen LogP contribution in [0, 0.1) is 0 Å². The van der Waals surface area contributed by atoms with Crippen LogP contribution >= 0.6 is 15.9 Å². The van der Waals surface area contributed by atoms with Crippen LogP contribution in [-0.2, 0) is 5.41 Å². The van der Waals surface area contributed by atoms with E-state index in [1.54, 1.807) is 0 Å². The smallest absolute Gasteiger partial charge is 0.164 e. The quantitative estimate of drug-likeness (QED) is 0.188. The summed E-state index contributed by atoms with van der Waals surface area (Å²) in [6.45, 7) is 2.28. The van der Waals surface area contributed by atoms with Crippen molar-refractivity contribution in [3.05, 3.63) is 161 Å². The van der Waals surface area contributed by atoms with Gasteiger partial charge in [-0.1, -0.05) is 137 Å². The Morgan fingerprint density at radius 2 is 0.846 bits per heavy atom. The summed E-state index contributed by atoms with van der Waals surface area (Å²) in [5.41, 5.74) is 6.04. The zero-order chi connectivity index (χ0) is 26.7. The molecule has 1 unspecified atom stereocenters. The fourth-order valence-corrected chi connectivity index (χ4v) is 5.38. The van der Waals surface area contributed by atoms with Crippen LogP contribution in [0.25, 0.3) is 34.2 Å². The molecular formula is C35H26BrN3. The molecular weight excluding hydrogens is 542 g/mol. The molecule has 0 N–H and O–H groups in total. The second kappa shape index (κ2) is 10.8. The van der Waals surface area contributed by atoms with Gasteiger partial charge in [-0.25, -0.2) is 15.0 Å². The molecule has 0 bridgehead atoms. The summed E-state index contributed by atoms with van der Waals surface area (Å²) >= 11 is 3.68. The van der Waals surface area contributed by atoms with E-state index in [-0.39, 0.29) is 0 Å². The molecule has 1 atom stereocenters. The highest BCUT2D eigenvalue weighted by atomic mass is 79.9. The number of aromatic nitrogens is 3. The van der Waals surface area contributed by atoms with Crippen LogP contribution < -0.4 is 0 Å². The van der Waals surface area contributed by atoms with E-state index in [9.17, 15) is 0 Å². The van der Waals surface area contributed by atoms with Crippen LogP contribution in [-0.4, -0.2) is 15.0 Å². The summed E-state index contributed by atoms with van der Waals surface area (Å²) in [5.74, 6) is 1.96. The van der Waals surface area contributed by atoms with Crippen molar-refractivity contribution in [2.45, 2.75) is 12.3 Å². The standard InChI is InChI=1S/C35H26BrN3/c1-35(28-18-9-4-10-19-28,30-21-12-22-31(36)24-30)29-20-11-17-27(23-29)34-38-32(25-13-5-2-6-14-25)37-33(39-34)26-15-7-3-8-16-26/h2-24H,1H3. The highest BCUT2D eigenvalue weighted by Gasteiger charge is 2.31. The van der Waals surface area contributed by atoms with Crippen LogP contribution in [0.5, 0.6) is 0 Å². The summed E-state index contributed by atoms with van der Waals surface area (Å²) in [4.78, 5) is 14.8. The molecule has 0 radical (unpaired) electrons. The zero-order valence-electron chi connectivity index (χ0n) is 21.5. The Kier molecular flexibility index (Phi) is 6.87. The number of benzene rings is 5. The molecule has 0 aliphatic heterocycles. The number of hydrogen-bond donors (Lipinski definition) is 0. The number of nitrogens with zero attached hydrogens (tertiary/aromatic N) is 3. The molecule has 0 aliphatic rings. The van der Waals surface area contributed by atoms with Crippen molar-refractivity contribution in [2.24, 2.45) is 0 Å². The lowest BCUT2D eigenvalue weighted by molar-refractivity contribution is 0.692. The molecule has 0 saturated carbocycles. The molecule has 0 spiro atoms. The molecule has 4 heteroatoms. The fraction of sp³-hybridized carbons (Fsp3) is 0.0571. The van der Waals surface area contributed by atoms with Gasteiger partial charge in [0.2, 0.25) is 0 Å². The van der Waals surface area contributed by atoms with E-state index in [1.807, 2.05) is 60.7 Å². The normalized spacial score (nSPS) is 12.6. The minimum atomic E-state index is -0.390. The van der Waals surface area contributed by atoms with E-state index in [1.165, 1.54) is 11.1 Å². The average molecular weight is 569 g/mol. The third-order valence-corrected chi connectivity index (χ3v) is 7.64. The maximum Gasteiger partial charge on any atom is 0.164 e. The van der Waals surface area contributed by atoms with Crippen molar-refractivity contribution in [3.8, 4) is 34.2 Å². The summed E-state index contributed by atoms with van der Waals surface area (Å²) in [5, 5.41) is 0. The van der Waals surface area contributed by atoms with Gasteiger partial charge in [0, 0.05) is 26.6 Å². The molecule has 0 amide bonds. The SMILES string of the molecule is CC(c1ccccc1)(c1cccc(Br)c1)c1cccc(-c2nc(-c3ccccc3)nc(-c3ccccc3)n2)c1. The van der Waals surface area contributed by atoms with Crippen molar-refractivity contribution in [2.75, 3.05) is 0 Å². The largest absolute Gasteiger partial charge is 0.208 e. The van der Waals surface area contributed by atoms with Crippen LogP contribution in [0.4, 0.5) is 0 Å². The maximum atomic E-state index is 4.95. The third-order valence-electron chi connectivity index (χ3n) is 7.15. The highest BCUT2D eigenvalue weighted by molar-refractivity contribution is 9.10. The lowest BCUT2D eigenvalue weighted by atomic mass is 9.71. The van der Waals surface area contributed by atoms with E-state index in [2.05, 4.69) is 102 Å². The van der Waals surface area contributed by atoms with Gasteiger partial charge in [0.05, 0.1) is 0 Å². The molecule has 188 valence electrons. The Hall–Kier alpha value is -4.41. The molecule has 1 aromatic heterocycles. The summed E-state index contributed by atoms with van der Waals surface area (Å²) in [6, 6.07) is 47.9. The minimum absolute atomic E-state index is 0.390. The Bertz CT molecular complexity index is 1660. The van der Waals surface area contributed by atoms with Gasteiger partial charge in [0.25, 0.3) is 0 Å². The van der Waals surface area contributed by atoms with Crippen LogP contribution in [0.2, 0.25) is 0 Å². The first kappa shape index (κ1) is 24.9. The molecule has 1 heterocycles. The number of hydrogen-bond acceptors (Lipinski definition) is 3. The Morgan fingerprint density at radius 1 is 0.436 bits per heavy atom. The van der Waals surface area contributed by atoms with Gasteiger partial charge < -0.3 is 0 Å². The topological polar surface area (TPSA) is 38.7 Å². The lowest BCUT2D eigenvalue weighted by Gasteiger charge is -2.32. The Morgan fingerprint density at radius 3 is 1.38 bits per heavy atom.